The first-order valence-electron chi connectivity index (χ1n) is 7.30. The molecule has 0 aromatic heterocycles. The number of urea groups is 1. The van der Waals surface area contributed by atoms with Crippen molar-refractivity contribution in [2.75, 3.05) is 0 Å². The van der Waals surface area contributed by atoms with Gasteiger partial charge in [0.05, 0.1) is 5.92 Å². The number of carboxylic acid groups (broad SMARTS) is 1. The fraction of sp³-hybridized carbons (Fsp3) is 0.500. The van der Waals surface area contributed by atoms with Gasteiger partial charge < -0.3 is 15.7 Å². The van der Waals surface area contributed by atoms with Gasteiger partial charge in [0.15, 0.2) is 0 Å². The van der Waals surface area contributed by atoms with Crippen LogP contribution in [0.2, 0.25) is 0 Å². The Morgan fingerprint density at radius 3 is 2.43 bits per heavy atom. The van der Waals surface area contributed by atoms with Crippen molar-refractivity contribution in [1.29, 1.82) is 0 Å². The van der Waals surface area contributed by atoms with Gasteiger partial charge in [0, 0.05) is 12.6 Å². The average molecular weight is 292 g/mol. The Balaban J connectivity index is 2.17. The lowest BCUT2D eigenvalue weighted by Crippen LogP contribution is -2.40. The van der Waals surface area contributed by atoms with Gasteiger partial charge in [-0.05, 0) is 25.3 Å². The van der Waals surface area contributed by atoms with Crippen LogP contribution in [0.1, 0.15) is 38.7 Å². The summed E-state index contributed by atoms with van der Waals surface area (Å²) in [6.07, 6.45) is 2.19. The molecule has 0 aliphatic rings. The molecular weight excluding hydrogens is 268 g/mol. The molecule has 1 aromatic carbocycles. The van der Waals surface area contributed by atoms with Gasteiger partial charge in [0.2, 0.25) is 0 Å². The van der Waals surface area contributed by atoms with E-state index in [0.717, 1.165) is 18.4 Å². The lowest BCUT2D eigenvalue weighted by atomic mass is 10.0. The fourth-order valence-electron chi connectivity index (χ4n) is 1.98. The van der Waals surface area contributed by atoms with Gasteiger partial charge in [0.1, 0.15) is 0 Å². The monoisotopic (exact) mass is 292 g/mol. The maximum Gasteiger partial charge on any atom is 0.315 e. The normalized spacial score (nSPS) is 13.2. The van der Waals surface area contributed by atoms with E-state index in [1.54, 1.807) is 6.92 Å². The predicted molar refractivity (Wildman–Crippen MR) is 81.9 cm³/mol. The number of carbonyl (C=O) groups excluding carboxylic acids is 1. The molecule has 0 radical (unpaired) electrons. The summed E-state index contributed by atoms with van der Waals surface area (Å²) in [6, 6.07) is 9.54. The third-order valence-corrected chi connectivity index (χ3v) is 3.37. The van der Waals surface area contributed by atoms with E-state index in [1.807, 2.05) is 37.3 Å². The smallest absolute Gasteiger partial charge is 0.315 e. The van der Waals surface area contributed by atoms with Crippen LogP contribution in [0.15, 0.2) is 30.3 Å². The van der Waals surface area contributed by atoms with Crippen molar-refractivity contribution < 1.29 is 14.7 Å². The molecule has 1 aromatic rings. The van der Waals surface area contributed by atoms with E-state index in [2.05, 4.69) is 10.6 Å². The highest BCUT2D eigenvalue weighted by Crippen LogP contribution is 2.09. The molecule has 2 atom stereocenters. The molecule has 1 rings (SSSR count). The molecule has 0 aliphatic carbocycles. The average Bonchev–Trinajstić information content (AvgIpc) is 2.46. The first kappa shape index (κ1) is 17.0. The summed E-state index contributed by atoms with van der Waals surface area (Å²) in [5.41, 5.74) is 1.05. The van der Waals surface area contributed by atoms with E-state index in [-0.39, 0.29) is 18.0 Å². The summed E-state index contributed by atoms with van der Waals surface area (Å²) < 4.78 is 0. The zero-order valence-corrected chi connectivity index (χ0v) is 12.6. The second-order valence-electron chi connectivity index (χ2n) is 5.38. The van der Waals surface area contributed by atoms with E-state index in [0.29, 0.717) is 13.0 Å². The first-order chi connectivity index (χ1) is 9.99. The van der Waals surface area contributed by atoms with Crippen LogP contribution in [0, 0.1) is 5.92 Å². The molecule has 5 heteroatoms. The Morgan fingerprint density at radius 1 is 1.14 bits per heavy atom. The Morgan fingerprint density at radius 2 is 1.81 bits per heavy atom. The first-order valence-corrected chi connectivity index (χ1v) is 7.30. The Hall–Kier alpha value is -2.04. The Kier molecular flexibility index (Phi) is 7.29. The second kappa shape index (κ2) is 9.00. The number of nitrogens with one attached hydrogen (secondary N) is 2. The van der Waals surface area contributed by atoms with Gasteiger partial charge >= 0.3 is 12.0 Å². The summed E-state index contributed by atoms with van der Waals surface area (Å²) in [6.45, 7) is 4.12. The van der Waals surface area contributed by atoms with Crippen molar-refractivity contribution in [2.24, 2.45) is 5.92 Å². The molecule has 0 spiro atoms. The largest absolute Gasteiger partial charge is 0.481 e. The highest BCUT2D eigenvalue weighted by Gasteiger charge is 2.12. The van der Waals surface area contributed by atoms with Gasteiger partial charge in [-0.3, -0.25) is 4.79 Å². The quantitative estimate of drug-likeness (QED) is 0.689. The van der Waals surface area contributed by atoms with Crippen molar-refractivity contribution >= 4 is 12.0 Å². The van der Waals surface area contributed by atoms with Crippen molar-refractivity contribution in [3.05, 3.63) is 35.9 Å². The standard InChI is InChI=1S/C16H24N2O3/c1-12(15(19)20)7-6-8-13(2)18-16(21)17-11-14-9-4-3-5-10-14/h3-5,9-10,12-13H,6-8,11H2,1-2H3,(H,19,20)(H2,17,18,21). The molecule has 0 bridgehead atoms. The summed E-state index contributed by atoms with van der Waals surface area (Å²) >= 11 is 0. The van der Waals surface area contributed by atoms with Crippen LogP contribution in [0.25, 0.3) is 0 Å². The molecule has 2 unspecified atom stereocenters. The zero-order valence-electron chi connectivity index (χ0n) is 12.6. The molecule has 21 heavy (non-hydrogen) atoms. The van der Waals surface area contributed by atoms with E-state index in [4.69, 9.17) is 5.11 Å². The molecule has 0 heterocycles. The minimum absolute atomic E-state index is 0.0294. The molecule has 2 amide bonds. The highest BCUT2D eigenvalue weighted by molar-refractivity contribution is 5.74. The fourth-order valence-corrected chi connectivity index (χ4v) is 1.98. The third-order valence-electron chi connectivity index (χ3n) is 3.37. The zero-order chi connectivity index (χ0) is 15.7. The highest BCUT2D eigenvalue weighted by atomic mass is 16.4. The van der Waals surface area contributed by atoms with Gasteiger partial charge in [0.25, 0.3) is 0 Å². The minimum Gasteiger partial charge on any atom is -0.481 e. The SMILES string of the molecule is CC(CCCC(C)C(=O)O)NC(=O)NCc1ccccc1. The molecule has 0 saturated heterocycles. The van der Waals surface area contributed by atoms with E-state index in [9.17, 15) is 9.59 Å². The third kappa shape index (κ3) is 7.34. The number of aliphatic carboxylic acids is 1. The van der Waals surface area contributed by atoms with Crippen LogP contribution >= 0.6 is 0 Å². The van der Waals surface area contributed by atoms with Crippen LogP contribution in [0.3, 0.4) is 0 Å². The molecule has 0 aliphatic heterocycles. The van der Waals surface area contributed by atoms with E-state index in [1.165, 1.54) is 0 Å². The van der Waals surface area contributed by atoms with Crippen molar-refractivity contribution in [2.45, 2.75) is 45.7 Å². The molecular formula is C16H24N2O3. The minimum atomic E-state index is -0.767. The van der Waals surface area contributed by atoms with Crippen LogP contribution in [0.4, 0.5) is 4.79 Å². The molecule has 116 valence electrons. The Labute approximate surface area is 125 Å². The number of carbonyl (C=O) groups is 2. The van der Waals surface area contributed by atoms with Crippen molar-refractivity contribution in [3.8, 4) is 0 Å². The van der Waals surface area contributed by atoms with Gasteiger partial charge in [-0.1, -0.05) is 43.7 Å². The summed E-state index contributed by atoms with van der Waals surface area (Å²) in [7, 11) is 0. The van der Waals surface area contributed by atoms with E-state index < -0.39 is 5.97 Å². The molecule has 5 nitrogen and oxygen atoms in total. The van der Waals surface area contributed by atoms with Crippen LogP contribution < -0.4 is 10.6 Å². The van der Waals surface area contributed by atoms with Crippen LogP contribution in [-0.2, 0) is 11.3 Å². The number of rotatable bonds is 8. The van der Waals surface area contributed by atoms with E-state index >= 15 is 0 Å². The number of carboxylic acids is 1. The van der Waals surface area contributed by atoms with Crippen LogP contribution in [-0.4, -0.2) is 23.1 Å². The maximum atomic E-state index is 11.7. The number of amides is 2. The molecule has 0 saturated carbocycles. The van der Waals surface area contributed by atoms with Gasteiger partial charge in [-0.15, -0.1) is 0 Å². The number of hydrogen-bond acceptors (Lipinski definition) is 2. The van der Waals surface area contributed by atoms with Gasteiger partial charge in [-0.25, -0.2) is 4.79 Å². The maximum absolute atomic E-state index is 11.7. The molecule has 0 fully saturated rings. The lowest BCUT2D eigenvalue weighted by Gasteiger charge is -2.15. The summed E-state index contributed by atoms with van der Waals surface area (Å²) in [5, 5.41) is 14.4. The predicted octanol–water partition coefficient (Wildman–Crippen LogP) is 2.77. The summed E-state index contributed by atoms with van der Waals surface area (Å²) in [4.78, 5) is 22.4. The Bertz CT molecular complexity index is 448. The number of benzene rings is 1. The van der Waals surface area contributed by atoms with Crippen molar-refractivity contribution in [1.82, 2.24) is 10.6 Å². The molecule has 3 N–H and O–H groups in total. The van der Waals surface area contributed by atoms with Gasteiger partial charge in [-0.2, -0.15) is 0 Å². The van der Waals surface area contributed by atoms with Crippen molar-refractivity contribution in [3.63, 3.8) is 0 Å². The second-order valence-corrected chi connectivity index (χ2v) is 5.38. The van der Waals surface area contributed by atoms with Crippen LogP contribution in [0.5, 0.6) is 0 Å². The lowest BCUT2D eigenvalue weighted by molar-refractivity contribution is -0.141. The summed E-state index contributed by atoms with van der Waals surface area (Å²) in [5.74, 6) is -1.10. The topological polar surface area (TPSA) is 78.4 Å². The number of hydrogen-bond donors (Lipinski definition) is 3.